The SMILES string of the molecule is Cc1ccc2nc(N3C(=O)C(=O)C(=C(O)c4ccccc4)C3c3ccc(I)cc3)sc2c1. The van der Waals surface area contributed by atoms with Gasteiger partial charge in [0.05, 0.1) is 21.8 Å². The number of carbonyl (C=O) groups is 2. The van der Waals surface area contributed by atoms with Crippen LogP contribution in [0.2, 0.25) is 0 Å². The number of amides is 1. The number of Topliss-reactive ketones (excluding diaryl/α,β-unsaturated/α-hetero) is 1. The molecule has 1 aromatic heterocycles. The molecule has 1 aliphatic rings. The van der Waals surface area contributed by atoms with Gasteiger partial charge in [-0.3, -0.25) is 14.5 Å². The molecule has 1 unspecified atom stereocenters. The third-order valence-electron chi connectivity index (χ3n) is 5.42. The van der Waals surface area contributed by atoms with Crippen LogP contribution < -0.4 is 4.90 Å². The van der Waals surface area contributed by atoms with Crippen molar-refractivity contribution in [3.8, 4) is 0 Å². The van der Waals surface area contributed by atoms with Gasteiger partial charge in [0, 0.05) is 9.13 Å². The van der Waals surface area contributed by atoms with Gasteiger partial charge < -0.3 is 5.11 Å². The van der Waals surface area contributed by atoms with Crippen LogP contribution in [0.1, 0.15) is 22.7 Å². The second-order valence-electron chi connectivity index (χ2n) is 7.55. The number of benzene rings is 3. The van der Waals surface area contributed by atoms with Gasteiger partial charge in [0.25, 0.3) is 5.78 Å². The van der Waals surface area contributed by atoms with Crippen molar-refractivity contribution in [1.82, 2.24) is 4.98 Å². The maximum Gasteiger partial charge on any atom is 0.301 e. The highest BCUT2D eigenvalue weighted by molar-refractivity contribution is 14.1. The van der Waals surface area contributed by atoms with E-state index in [1.165, 1.54) is 16.2 Å². The summed E-state index contributed by atoms with van der Waals surface area (Å²) in [6, 6.07) is 21.5. The summed E-state index contributed by atoms with van der Waals surface area (Å²) in [6.07, 6.45) is 0. The molecular weight excluding hydrogens is 535 g/mol. The Morgan fingerprint density at radius 2 is 1.75 bits per heavy atom. The van der Waals surface area contributed by atoms with Crippen molar-refractivity contribution in [3.05, 3.63) is 98.6 Å². The number of aryl methyl sites for hydroxylation is 1. The molecule has 0 radical (unpaired) electrons. The topological polar surface area (TPSA) is 70.5 Å². The van der Waals surface area contributed by atoms with Crippen LogP contribution in [-0.4, -0.2) is 21.8 Å². The second-order valence-corrected chi connectivity index (χ2v) is 9.81. The Bertz CT molecular complexity index is 1390. The predicted octanol–water partition coefficient (Wildman–Crippen LogP) is 5.84. The molecule has 0 bridgehead atoms. The predicted molar refractivity (Wildman–Crippen MR) is 135 cm³/mol. The molecule has 1 amide bonds. The highest BCUT2D eigenvalue weighted by Crippen LogP contribution is 2.44. The number of fused-ring (bicyclic) bond motifs is 1. The van der Waals surface area contributed by atoms with Gasteiger partial charge in [-0.2, -0.15) is 0 Å². The number of anilines is 1. The first-order valence-corrected chi connectivity index (χ1v) is 11.8. The van der Waals surface area contributed by atoms with Gasteiger partial charge in [-0.25, -0.2) is 4.98 Å². The summed E-state index contributed by atoms with van der Waals surface area (Å²) >= 11 is 3.57. The maximum atomic E-state index is 13.2. The maximum absolute atomic E-state index is 13.2. The van der Waals surface area contributed by atoms with Gasteiger partial charge in [0.15, 0.2) is 5.13 Å². The molecule has 5 rings (SSSR count). The highest BCUT2D eigenvalue weighted by Gasteiger charge is 2.48. The first-order valence-electron chi connectivity index (χ1n) is 9.93. The van der Waals surface area contributed by atoms with Crippen LogP contribution in [0.25, 0.3) is 16.0 Å². The van der Waals surface area contributed by atoms with Crippen molar-refractivity contribution in [2.75, 3.05) is 4.90 Å². The summed E-state index contributed by atoms with van der Waals surface area (Å²) in [5, 5.41) is 11.5. The average molecular weight is 552 g/mol. The number of carbonyl (C=O) groups excluding carboxylic acids is 2. The first-order chi connectivity index (χ1) is 15.4. The molecule has 158 valence electrons. The number of halogens is 1. The summed E-state index contributed by atoms with van der Waals surface area (Å²) in [4.78, 5) is 32.5. The van der Waals surface area contributed by atoms with Gasteiger partial charge in [-0.1, -0.05) is 59.9 Å². The smallest absolute Gasteiger partial charge is 0.301 e. The van der Waals surface area contributed by atoms with Gasteiger partial charge in [-0.05, 0) is 64.9 Å². The van der Waals surface area contributed by atoms with Crippen molar-refractivity contribution in [2.45, 2.75) is 13.0 Å². The molecule has 1 fully saturated rings. The molecule has 1 atom stereocenters. The third-order valence-corrected chi connectivity index (χ3v) is 7.15. The lowest BCUT2D eigenvalue weighted by molar-refractivity contribution is -0.132. The van der Waals surface area contributed by atoms with Gasteiger partial charge in [0.1, 0.15) is 5.76 Å². The van der Waals surface area contributed by atoms with Crippen molar-refractivity contribution >= 4 is 66.7 Å². The van der Waals surface area contributed by atoms with Crippen LogP contribution in [0.4, 0.5) is 5.13 Å². The molecule has 1 aliphatic heterocycles. The van der Waals surface area contributed by atoms with Crippen molar-refractivity contribution in [2.24, 2.45) is 0 Å². The number of hydrogen-bond acceptors (Lipinski definition) is 5. The number of ketones is 1. The van der Waals surface area contributed by atoms with Crippen LogP contribution in [-0.2, 0) is 9.59 Å². The van der Waals surface area contributed by atoms with Gasteiger partial charge in [0.2, 0.25) is 0 Å². The lowest BCUT2D eigenvalue weighted by Crippen LogP contribution is -2.29. The van der Waals surface area contributed by atoms with Crippen molar-refractivity contribution in [3.63, 3.8) is 0 Å². The molecule has 0 aliphatic carbocycles. The summed E-state index contributed by atoms with van der Waals surface area (Å²) in [5.74, 6) is -1.60. The number of nitrogens with zero attached hydrogens (tertiary/aromatic N) is 2. The van der Waals surface area contributed by atoms with E-state index in [1.807, 2.05) is 55.5 Å². The van der Waals surface area contributed by atoms with E-state index in [-0.39, 0.29) is 11.3 Å². The minimum atomic E-state index is -0.770. The number of thiazole rings is 1. The molecule has 5 nitrogen and oxygen atoms in total. The first kappa shape index (κ1) is 20.8. The monoisotopic (exact) mass is 552 g/mol. The van der Waals surface area contributed by atoms with E-state index in [0.717, 1.165) is 24.9 Å². The lowest BCUT2D eigenvalue weighted by atomic mass is 9.95. The molecule has 3 aromatic carbocycles. The number of rotatable bonds is 3. The second kappa shape index (κ2) is 8.14. The van der Waals surface area contributed by atoms with E-state index in [9.17, 15) is 14.7 Å². The number of hydrogen-bond donors (Lipinski definition) is 1. The Kier molecular flexibility index (Phi) is 5.30. The largest absolute Gasteiger partial charge is 0.507 e. The minimum Gasteiger partial charge on any atom is -0.507 e. The Labute approximate surface area is 202 Å². The quantitative estimate of drug-likeness (QED) is 0.150. The summed E-state index contributed by atoms with van der Waals surface area (Å²) in [7, 11) is 0. The number of aliphatic hydroxyl groups excluding tert-OH is 1. The normalized spacial score (nSPS) is 17.9. The molecule has 0 spiro atoms. The summed E-state index contributed by atoms with van der Waals surface area (Å²) in [6.45, 7) is 2.00. The van der Waals surface area contributed by atoms with E-state index >= 15 is 0 Å². The van der Waals surface area contributed by atoms with Crippen LogP contribution in [0, 0.1) is 10.5 Å². The Morgan fingerprint density at radius 3 is 2.47 bits per heavy atom. The summed E-state index contributed by atoms with van der Waals surface area (Å²) < 4.78 is 1.97. The zero-order valence-electron chi connectivity index (χ0n) is 16.9. The molecule has 1 saturated heterocycles. The number of aromatic nitrogens is 1. The van der Waals surface area contributed by atoms with E-state index in [4.69, 9.17) is 0 Å². The van der Waals surface area contributed by atoms with Crippen LogP contribution in [0.15, 0.2) is 78.4 Å². The zero-order valence-corrected chi connectivity index (χ0v) is 19.9. The summed E-state index contributed by atoms with van der Waals surface area (Å²) in [5.41, 5.74) is 3.14. The van der Waals surface area contributed by atoms with Crippen LogP contribution in [0.3, 0.4) is 0 Å². The van der Waals surface area contributed by atoms with Crippen LogP contribution >= 0.6 is 33.9 Å². The minimum absolute atomic E-state index is 0.0674. The molecule has 2 heterocycles. The van der Waals surface area contributed by atoms with E-state index < -0.39 is 17.7 Å². The van der Waals surface area contributed by atoms with Gasteiger partial charge >= 0.3 is 5.91 Å². The van der Waals surface area contributed by atoms with Crippen molar-refractivity contribution < 1.29 is 14.7 Å². The Balaban J connectivity index is 1.73. The van der Waals surface area contributed by atoms with Crippen molar-refractivity contribution in [1.29, 1.82) is 0 Å². The molecular formula is C25H17IN2O3S. The van der Waals surface area contributed by atoms with Gasteiger partial charge in [-0.15, -0.1) is 0 Å². The zero-order chi connectivity index (χ0) is 22.4. The highest BCUT2D eigenvalue weighted by atomic mass is 127. The fourth-order valence-corrected chi connectivity index (χ4v) is 5.31. The number of aliphatic hydroxyl groups is 1. The molecule has 1 N–H and O–H groups in total. The fraction of sp³-hybridized carbons (Fsp3) is 0.0800. The van der Waals surface area contributed by atoms with E-state index in [2.05, 4.69) is 27.6 Å². The Morgan fingerprint density at radius 1 is 1.03 bits per heavy atom. The fourth-order valence-electron chi connectivity index (χ4n) is 3.86. The van der Waals surface area contributed by atoms with E-state index in [0.29, 0.717) is 10.7 Å². The average Bonchev–Trinajstić information content (AvgIpc) is 3.32. The standard InChI is InChI=1S/C25H17IN2O3S/c1-14-7-12-18-19(13-14)32-25(27-18)28-21(15-8-10-17(26)11-9-15)20(23(30)24(28)31)22(29)16-5-3-2-4-6-16/h2-13,21,29H,1H3. The molecule has 4 aromatic rings. The van der Waals surface area contributed by atoms with E-state index in [1.54, 1.807) is 24.3 Å². The lowest BCUT2D eigenvalue weighted by Gasteiger charge is -2.23. The third kappa shape index (κ3) is 3.51. The van der Waals surface area contributed by atoms with Crippen LogP contribution in [0.5, 0.6) is 0 Å². The Hall–Kier alpha value is -3.04. The molecule has 0 saturated carbocycles. The molecule has 32 heavy (non-hydrogen) atoms. The molecule has 7 heteroatoms.